The Bertz CT molecular complexity index is 1020. The van der Waals surface area contributed by atoms with Crippen LogP contribution in [0.5, 0.6) is 0 Å². The van der Waals surface area contributed by atoms with Crippen LogP contribution >= 0.6 is 0 Å². The first-order valence-corrected chi connectivity index (χ1v) is 12.2. The number of aliphatic hydroxyl groups is 1. The maximum atomic E-state index is 12.4. The van der Waals surface area contributed by atoms with Gasteiger partial charge in [-0.15, -0.1) is 0 Å². The van der Waals surface area contributed by atoms with Gasteiger partial charge in [0.25, 0.3) is 0 Å². The summed E-state index contributed by atoms with van der Waals surface area (Å²) in [5, 5.41) is 23.5. The Balaban J connectivity index is 1.21. The van der Waals surface area contributed by atoms with Gasteiger partial charge in [-0.05, 0) is 53.9 Å². The fourth-order valence-corrected chi connectivity index (χ4v) is 5.18. The molecule has 0 heterocycles. The first-order chi connectivity index (χ1) is 17.0. The smallest absolute Gasteiger partial charge is 0.407 e. The van der Waals surface area contributed by atoms with Crippen LogP contribution in [0.2, 0.25) is 0 Å². The van der Waals surface area contributed by atoms with Crippen molar-refractivity contribution in [1.29, 1.82) is 0 Å². The number of carbonyl (C=O) groups excluding carboxylic acids is 2. The molecule has 0 aliphatic heterocycles. The SMILES string of the molecule is O=C(NCC1CCC(C(=O)NC(CCO)C(=O)O)CC1)OCC1c2ccccc2-c2ccccc21. The molecule has 0 saturated heterocycles. The van der Waals surface area contributed by atoms with E-state index in [0.29, 0.717) is 19.4 Å². The third kappa shape index (κ3) is 5.82. The van der Waals surface area contributed by atoms with Crippen LogP contribution in [0, 0.1) is 11.8 Å². The predicted molar refractivity (Wildman–Crippen MR) is 130 cm³/mol. The number of amides is 2. The number of carboxylic acids is 1. The molecule has 0 aromatic heterocycles. The molecule has 8 heteroatoms. The molecule has 2 aromatic carbocycles. The van der Waals surface area contributed by atoms with Crippen molar-refractivity contribution in [3.63, 3.8) is 0 Å². The zero-order valence-corrected chi connectivity index (χ0v) is 19.6. The average Bonchev–Trinajstić information content (AvgIpc) is 3.20. The monoisotopic (exact) mass is 480 g/mol. The lowest BCUT2D eigenvalue weighted by Gasteiger charge is -2.28. The van der Waals surface area contributed by atoms with Gasteiger partial charge in [-0.1, -0.05) is 48.5 Å². The summed E-state index contributed by atoms with van der Waals surface area (Å²) in [6.07, 6.45) is 2.34. The molecule has 1 saturated carbocycles. The van der Waals surface area contributed by atoms with Gasteiger partial charge in [0.05, 0.1) is 0 Å². The minimum Gasteiger partial charge on any atom is -0.480 e. The van der Waals surface area contributed by atoms with Crippen LogP contribution in [0.1, 0.15) is 49.1 Å². The number of ether oxygens (including phenoxy) is 1. The average molecular weight is 481 g/mol. The molecule has 2 aliphatic carbocycles. The summed E-state index contributed by atoms with van der Waals surface area (Å²) in [6, 6.07) is 15.3. The molecule has 0 radical (unpaired) electrons. The number of benzene rings is 2. The van der Waals surface area contributed by atoms with Gasteiger partial charge >= 0.3 is 12.1 Å². The van der Waals surface area contributed by atoms with Gasteiger partial charge in [0, 0.05) is 31.4 Å². The van der Waals surface area contributed by atoms with Gasteiger partial charge in [-0.3, -0.25) is 4.79 Å². The van der Waals surface area contributed by atoms with Crippen molar-refractivity contribution >= 4 is 18.0 Å². The third-order valence-corrected chi connectivity index (χ3v) is 7.13. The van der Waals surface area contributed by atoms with E-state index in [9.17, 15) is 14.4 Å². The molecule has 4 rings (SSSR count). The molecule has 1 atom stereocenters. The number of alkyl carbamates (subject to hydrolysis) is 1. The van der Waals surface area contributed by atoms with Gasteiger partial charge in [0.1, 0.15) is 12.6 Å². The molecule has 1 unspecified atom stereocenters. The highest BCUT2D eigenvalue weighted by Gasteiger charge is 2.31. The number of fused-ring (bicyclic) bond motifs is 3. The molecular formula is C27H32N2O6. The van der Waals surface area contributed by atoms with Gasteiger partial charge in [-0.25, -0.2) is 9.59 Å². The van der Waals surface area contributed by atoms with E-state index in [1.807, 2.05) is 24.3 Å². The molecule has 8 nitrogen and oxygen atoms in total. The van der Waals surface area contributed by atoms with E-state index in [1.54, 1.807) is 0 Å². The molecule has 4 N–H and O–H groups in total. The van der Waals surface area contributed by atoms with Crippen molar-refractivity contribution in [3.8, 4) is 11.1 Å². The second kappa shape index (κ2) is 11.4. The number of hydrogen-bond donors (Lipinski definition) is 4. The lowest BCUT2D eigenvalue weighted by Crippen LogP contribution is -2.45. The molecule has 2 amide bonds. The second-order valence-electron chi connectivity index (χ2n) is 9.34. The Hall–Kier alpha value is -3.39. The Morgan fingerprint density at radius 2 is 1.54 bits per heavy atom. The minimum absolute atomic E-state index is 0.0134. The van der Waals surface area contributed by atoms with Crippen molar-refractivity contribution < 1.29 is 29.3 Å². The number of aliphatic hydroxyl groups excluding tert-OH is 1. The van der Waals surface area contributed by atoms with Crippen molar-refractivity contribution in [2.75, 3.05) is 19.8 Å². The first kappa shape index (κ1) is 24.7. The van der Waals surface area contributed by atoms with Crippen LogP contribution in [0.15, 0.2) is 48.5 Å². The zero-order chi connectivity index (χ0) is 24.8. The van der Waals surface area contributed by atoms with E-state index in [0.717, 1.165) is 12.8 Å². The van der Waals surface area contributed by atoms with Gasteiger partial charge < -0.3 is 25.6 Å². The highest BCUT2D eigenvalue weighted by atomic mass is 16.5. The van der Waals surface area contributed by atoms with E-state index in [1.165, 1.54) is 22.3 Å². The van der Waals surface area contributed by atoms with E-state index < -0.39 is 18.1 Å². The van der Waals surface area contributed by atoms with E-state index in [2.05, 4.69) is 34.9 Å². The number of carboxylic acid groups (broad SMARTS) is 1. The van der Waals surface area contributed by atoms with Crippen LogP contribution < -0.4 is 10.6 Å². The molecule has 35 heavy (non-hydrogen) atoms. The van der Waals surface area contributed by atoms with Gasteiger partial charge in [0.15, 0.2) is 0 Å². The van der Waals surface area contributed by atoms with Crippen molar-refractivity contribution in [2.45, 2.75) is 44.1 Å². The quantitative estimate of drug-likeness (QED) is 0.437. The molecule has 1 fully saturated rings. The third-order valence-electron chi connectivity index (χ3n) is 7.13. The molecular weight excluding hydrogens is 448 g/mol. The van der Waals surface area contributed by atoms with E-state index in [-0.39, 0.29) is 43.3 Å². The second-order valence-corrected chi connectivity index (χ2v) is 9.34. The molecule has 2 aromatic rings. The Labute approximate surface area is 204 Å². The van der Waals surface area contributed by atoms with Crippen molar-refractivity contribution in [3.05, 3.63) is 59.7 Å². The highest BCUT2D eigenvalue weighted by Crippen LogP contribution is 2.44. The standard InChI is InChI=1S/C27H32N2O6/c30-14-13-24(26(32)33)29-25(31)18-11-9-17(10-12-18)15-28-27(34)35-16-23-21-7-3-1-5-19(21)20-6-2-4-8-22(20)23/h1-8,17-18,23-24,30H,9-16H2,(H,28,34)(H,29,31)(H,32,33). The Morgan fingerprint density at radius 3 is 2.11 bits per heavy atom. The first-order valence-electron chi connectivity index (χ1n) is 12.2. The Kier molecular flexibility index (Phi) is 8.02. The number of carbonyl (C=O) groups is 3. The lowest BCUT2D eigenvalue weighted by atomic mass is 9.81. The number of aliphatic carboxylic acids is 1. The number of nitrogens with one attached hydrogen (secondary N) is 2. The van der Waals surface area contributed by atoms with Gasteiger partial charge in [0.2, 0.25) is 5.91 Å². The minimum atomic E-state index is -1.15. The van der Waals surface area contributed by atoms with Crippen LogP contribution in [-0.4, -0.2) is 54.0 Å². The predicted octanol–water partition coefficient (Wildman–Crippen LogP) is 3.28. The summed E-state index contributed by atoms with van der Waals surface area (Å²) in [5.74, 6) is -1.42. The normalized spacial score (nSPS) is 19.8. The summed E-state index contributed by atoms with van der Waals surface area (Å²) in [5.41, 5.74) is 4.71. The van der Waals surface area contributed by atoms with Crippen LogP contribution in [0.3, 0.4) is 0 Å². The number of hydrogen-bond acceptors (Lipinski definition) is 5. The van der Waals surface area contributed by atoms with Crippen LogP contribution in [0.25, 0.3) is 11.1 Å². The summed E-state index contributed by atoms with van der Waals surface area (Å²) in [4.78, 5) is 36.0. The zero-order valence-electron chi connectivity index (χ0n) is 19.6. The maximum Gasteiger partial charge on any atom is 0.407 e. The summed E-state index contributed by atoms with van der Waals surface area (Å²) >= 11 is 0. The number of rotatable bonds is 9. The fraction of sp³-hybridized carbons (Fsp3) is 0.444. The van der Waals surface area contributed by atoms with Crippen LogP contribution in [-0.2, 0) is 14.3 Å². The Morgan fingerprint density at radius 1 is 0.943 bits per heavy atom. The largest absolute Gasteiger partial charge is 0.480 e. The van der Waals surface area contributed by atoms with Gasteiger partial charge in [-0.2, -0.15) is 0 Å². The van der Waals surface area contributed by atoms with E-state index >= 15 is 0 Å². The van der Waals surface area contributed by atoms with Crippen molar-refractivity contribution in [1.82, 2.24) is 10.6 Å². The van der Waals surface area contributed by atoms with E-state index in [4.69, 9.17) is 14.9 Å². The van der Waals surface area contributed by atoms with Crippen LogP contribution in [0.4, 0.5) is 4.79 Å². The fourth-order valence-electron chi connectivity index (χ4n) is 5.18. The maximum absolute atomic E-state index is 12.4. The molecule has 186 valence electrons. The summed E-state index contributed by atoms with van der Waals surface area (Å²) in [6.45, 7) is 0.449. The molecule has 2 aliphatic rings. The summed E-state index contributed by atoms with van der Waals surface area (Å²) in [7, 11) is 0. The van der Waals surface area contributed by atoms with Crippen molar-refractivity contribution in [2.24, 2.45) is 11.8 Å². The highest BCUT2D eigenvalue weighted by molar-refractivity contribution is 5.85. The lowest BCUT2D eigenvalue weighted by molar-refractivity contribution is -0.143. The molecule has 0 bridgehead atoms. The summed E-state index contributed by atoms with van der Waals surface area (Å²) < 4.78 is 5.59. The topological polar surface area (TPSA) is 125 Å². The molecule has 0 spiro atoms.